The topological polar surface area (TPSA) is 20.3 Å². The number of carbonyl (C=O) groups is 1. The number of allylic oxidation sites excluding steroid dienone is 1. The zero-order chi connectivity index (χ0) is 14.9. The van der Waals surface area contributed by atoms with E-state index in [0.717, 1.165) is 20.5 Å². The Morgan fingerprint density at radius 3 is 2.71 bits per heavy atom. The molecule has 21 heavy (non-hydrogen) atoms. The fourth-order valence-electron chi connectivity index (χ4n) is 2.10. The molecule has 1 aromatic carbocycles. The van der Waals surface area contributed by atoms with Gasteiger partial charge in [0.15, 0.2) is 0 Å². The molecule has 2 nitrogen and oxygen atoms in total. The monoisotopic (exact) mass is 495 g/mol. The second kappa shape index (κ2) is 8.27. The van der Waals surface area contributed by atoms with Gasteiger partial charge in [-0.3, -0.25) is 4.79 Å². The maximum absolute atomic E-state index is 12.7. The summed E-state index contributed by atoms with van der Waals surface area (Å²) in [5.74, 6) is -0.346. The number of rotatable bonds is 3. The van der Waals surface area contributed by atoms with E-state index in [9.17, 15) is 13.6 Å². The molecule has 0 N–H and O–H groups in total. The summed E-state index contributed by atoms with van der Waals surface area (Å²) >= 11 is 6.55. The van der Waals surface area contributed by atoms with E-state index in [0.29, 0.717) is 12.1 Å². The molecule has 1 radical (unpaired) electrons. The number of hydrogen-bond acceptors (Lipinski definition) is 1. The Morgan fingerprint density at radius 2 is 2.14 bits per heavy atom. The molecule has 0 bridgehead atoms. The number of aryl methyl sites for hydroxylation is 1. The average molecular weight is 497 g/mol. The van der Waals surface area contributed by atoms with E-state index in [1.807, 2.05) is 25.1 Å². The van der Waals surface area contributed by atoms with E-state index in [2.05, 4.69) is 37.9 Å². The van der Waals surface area contributed by atoms with Crippen LogP contribution in [0.5, 0.6) is 0 Å². The van der Waals surface area contributed by atoms with Crippen molar-refractivity contribution in [3.05, 3.63) is 39.9 Å². The van der Waals surface area contributed by atoms with Gasteiger partial charge < -0.3 is 4.90 Å². The second-order valence-corrected chi connectivity index (χ2v) is 6.52. The van der Waals surface area contributed by atoms with Gasteiger partial charge in [-0.15, -0.1) is 22.9 Å². The van der Waals surface area contributed by atoms with Crippen LogP contribution in [0.4, 0.5) is 8.78 Å². The first-order chi connectivity index (χ1) is 9.40. The van der Waals surface area contributed by atoms with Gasteiger partial charge in [0.2, 0.25) is 5.91 Å². The average Bonchev–Trinajstić information content (AvgIpc) is 2.36. The van der Waals surface area contributed by atoms with Gasteiger partial charge in [-0.2, -0.15) is 0 Å². The van der Waals surface area contributed by atoms with Crippen molar-refractivity contribution in [2.45, 2.75) is 24.6 Å². The maximum atomic E-state index is 12.7. The molecule has 1 amide bonds. The predicted octanol–water partition coefficient (Wildman–Crippen LogP) is 4.16. The predicted molar refractivity (Wildman–Crippen MR) is 80.6 cm³/mol. The maximum Gasteiger partial charge on any atom is 0.256 e. The molecule has 111 valence electrons. The van der Waals surface area contributed by atoms with Crippen molar-refractivity contribution < 1.29 is 46.3 Å². The van der Waals surface area contributed by atoms with E-state index >= 15 is 0 Å². The standard InChI is InChI=1S/C14H12Br2F2NO.Y/c1-8-6-9(15)2-3-10(8)12-5-4-11(16)14(20)19(12)7-13(17)18;/h2-3,6,11,13H,4,7H2,1H3;/q-1;. The molecule has 0 aliphatic carbocycles. The van der Waals surface area contributed by atoms with Crippen LogP contribution in [0.2, 0.25) is 0 Å². The molecule has 0 aromatic heterocycles. The number of nitrogens with zero attached hydrogens (tertiary/aromatic N) is 1. The van der Waals surface area contributed by atoms with Crippen molar-refractivity contribution in [2.75, 3.05) is 6.54 Å². The molecule has 1 heterocycles. The first-order valence-corrected chi connectivity index (χ1v) is 7.72. The van der Waals surface area contributed by atoms with E-state index in [-0.39, 0.29) is 38.6 Å². The molecule has 1 aliphatic heterocycles. The van der Waals surface area contributed by atoms with Crippen LogP contribution in [0, 0.1) is 13.0 Å². The summed E-state index contributed by atoms with van der Waals surface area (Å²) in [6, 6.07) is 5.51. The van der Waals surface area contributed by atoms with Crippen molar-refractivity contribution in [3.63, 3.8) is 0 Å². The van der Waals surface area contributed by atoms with Crippen LogP contribution in [0.15, 0.2) is 22.7 Å². The summed E-state index contributed by atoms with van der Waals surface area (Å²) in [4.78, 5) is 12.7. The minimum atomic E-state index is -2.58. The van der Waals surface area contributed by atoms with Crippen LogP contribution < -0.4 is 0 Å². The summed E-state index contributed by atoms with van der Waals surface area (Å²) in [6.07, 6.45) is 0.857. The Hall–Kier alpha value is 0.354. The van der Waals surface area contributed by atoms with Crippen molar-refractivity contribution in [2.24, 2.45) is 0 Å². The molecular formula is C14H12Br2F2NOY-. The third-order valence-electron chi connectivity index (χ3n) is 3.02. The molecule has 1 aliphatic rings. The minimum absolute atomic E-state index is 0. The summed E-state index contributed by atoms with van der Waals surface area (Å²) in [7, 11) is 0. The van der Waals surface area contributed by atoms with Crippen LogP contribution in [0.25, 0.3) is 5.70 Å². The normalized spacial score (nSPS) is 18.6. The van der Waals surface area contributed by atoms with Crippen molar-refractivity contribution in [3.8, 4) is 0 Å². The van der Waals surface area contributed by atoms with Gasteiger partial charge in [-0.1, -0.05) is 57.3 Å². The van der Waals surface area contributed by atoms with Crippen LogP contribution in [0.3, 0.4) is 0 Å². The van der Waals surface area contributed by atoms with Crippen LogP contribution >= 0.6 is 31.9 Å². The SMILES string of the molecule is Cc1cc(Br)ccc1C1=[C-]CC(Br)C(=O)N1CC(F)F.[Y]. The number of halogens is 4. The van der Waals surface area contributed by atoms with E-state index in [4.69, 9.17) is 0 Å². The largest absolute Gasteiger partial charge is 0.341 e. The summed E-state index contributed by atoms with van der Waals surface area (Å²) < 4.78 is 26.3. The molecule has 0 spiro atoms. The zero-order valence-electron chi connectivity index (χ0n) is 11.2. The van der Waals surface area contributed by atoms with Crippen molar-refractivity contribution in [1.29, 1.82) is 0 Å². The van der Waals surface area contributed by atoms with Gasteiger partial charge in [0.1, 0.15) is 0 Å². The summed E-state index contributed by atoms with van der Waals surface area (Å²) in [6.45, 7) is 1.26. The number of amides is 1. The van der Waals surface area contributed by atoms with Gasteiger partial charge in [0.05, 0.1) is 11.4 Å². The van der Waals surface area contributed by atoms with Crippen molar-refractivity contribution in [1.82, 2.24) is 4.90 Å². The summed E-state index contributed by atoms with van der Waals surface area (Å²) in [5.41, 5.74) is 2.10. The van der Waals surface area contributed by atoms with Gasteiger partial charge in [-0.25, -0.2) is 14.9 Å². The molecule has 2 rings (SSSR count). The number of carbonyl (C=O) groups excluding carboxylic acids is 1. The van der Waals surface area contributed by atoms with Gasteiger partial charge in [0.25, 0.3) is 6.43 Å². The van der Waals surface area contributed by atoms with Gasteiger partial charge in [0, 0.05) is 37.2 Å². The Balaban J connectivity index is 0.00000220. The Morgan fingerprint density at radius 1 is 1.48 bits per heavy atom. The second-order valence-electron chi connectivity index (χ2n) is 4.50. The first-order valence-electron chi connectivity index (χ1n) is 6.01. The number of benzene rings is 1. The molecule has 0 saturated heterocycles. The molecule has 1 aromatic rings. The Bertz CT molecular complexity index is 566. The fraction of sp³-hybridized carbons (Fsp3) is 0.357. The molecular weight excluding hydrogens is 485 g/mol. The van der Waals surface area contributed by atoms with Crippen molar-refractivity contribution >= 4 is 43.5 Å². The smallest absolute Gasteiger partial charge is 0.256 e. The van der Waals surface area contributed by atoms with Crippen LogP contribution in [-0.4, -0.2) is 28.6 Å². The summed E-state index contributed by atoms with van der Waals surface area (Å²) in [5, 5.41) is 0. The van der Waals surface area contributed by atoms with Crippen LogP contribution in [0.1, 0.15) is 17.5 Å². The van der Waals surface area contributed by atoms with Crippen LogP contribution in [-0.2, 0) is 37.5 Å². The third kappa shape index (κ3) is 4.66. The van der Waals surface area contributed by atoms with E-state index < -0.39 is 17.8 Å². The fourth-order valence-corrected chi connectivity index (χ4v) is 2.99. The Labute approximate surface area is 164 Å². The molecule has 1 atom stereocenters. The minimum Gasteiger partial charge on any atom is -0.341 e. The first kappa shape index (κ1) is 19.4. The number of hydrogen-bond donors (Lipinski definition) is 0. The van der Waals surface area contributed by atoms with E-state index in [1.165, 1.54) is 0 Å². The molecule has 0 saturated carbocycles. The zero-order valence-corrected chi connectivity index (χ0v) is 17.3. The molecule has 7 heteroatoms. The molecule has 1 unspecified atom stereocenters. The van der Waals surface area contributed by atoms with Gasteiger partial charge >= 0.3 is 0 Å². The van der Waals surface area contributed by atoms with E-state index in [1.54, 1.807) is 0 Å². The molecule has 0 fully saturated rings. The van der Waals surface area contributed by atoms with Gasteiger partial charge in [-0.05, 0) is 0 Å². The third-order valence-corrected chi connectivity index (χ3v) is 4.23. The number of alkyl halides is 3. The quantitative estimate of drug-likeness (QED) is 0.454. The Kier molecular flexibility index (Phi) is 7.64.